The van der Waals surface area contributed by atoms with Gasteiger partial charge in [-0.05, 0) is 38.5 Å². The Balaban J connectivity index is 2.55. The number of imidazole rings is 1. The monoisotopic (exact) mass is 280 g/mol. The number of fused-ring (bicyclic) bond motifs is 1. The molecule has 0 radical (unpaired) electrons. The predicted molar refractivity (Wildman–Crippen MR) is 75.6 cm³/mol. The number of nitrogens with zero attached hydrogens (tertiary/aromatic N) is 2. The Bertz CT molecular complexity index is 659. The number of carbonyl (C=O) groups is 1. The first kappa shape index (κ1) is 13.9. The molecule has 0 aliphatic carbocycles. The van der Waals surface area contributed by atoms with Crippen LogP contribution in [-0.4, -0.2) is 20.6 Å². The van der Waals surface area contributed by atoms with Crippen molar-refractivity contribution in [2.24, 2.45) is 12.5 Å². The second-order valence-electron chi connectivity index (χ2n) is 5.49. The van der Waals surface area contributed by atoms with Crippen LogP contribution < -0.4 is 0 Å². The van der Waals surface area contributed by atoms with Crippen LogP contribution in [0.15, 0.2) is 12.1 Å². The van der Waals surface area contributed by atoms with Crippen LogP contribution in [0.3, 0.4) is 0 Å². The lowest BCUT2D eigenvalue weighted by atomic mass is 9.89. The van der Waals surface area contributed by atoms with Crippen LogP contribution in [0.25, 0.3) is 11.0 Å². The van der Waals surface area contributed by atoms with E-state index in [9.17, 15) is 9.90 Å². The van der Waals surface area contributed by atoms with Crippen molar-refractivity contribution in [3.63, 3.8) is 0 Å². The Hall–Kier alpha value is -1.55. The van der Waals surface area contributed by atoms with E-state index in [4.69, 9.17) is 11.6 Å². The number of aromatic nitrogens is 2. The van der Waals surface area contributed by atoms with E-state index >= 15 is 0 Å². The first-order valence-corrected chi connectivity index (χ1v) is 6.45. The fourth-order valence-corrected chi connectivity index (χ4v) is 2.20. The molecule has 0 aliphatic heterocycles. The summed E-state index contributed by atoms with van der Waals surface area (Å²) in [5, 5.41) is 9.88. The van der Waals surface area contributed by atoms with Crippen molar-refractivity contribution in [1.82, 2.24) is 9.55 Å². The molecule has 1 heterocycles. The molecule has 0 amide bonds. The summed E-state index contributed by atoms with van der Waals surface area (Å²) in [5.41, 5.74) is 1.89. The quantitative estimate of drug-likeness (QED) is 0.939. The van der Waals surface area contributed by atoms with Gasteiger partial charge in [-0.3, -0.25) is 4.79 Å². The van der Waals surface area contributed by atoms with Gasteiger partial charge in [-0.15, -0.1) is 0 Å². The topological polar surface area (TPSA) is 55.1 Å². The van der Waals surface area contributed by atoms with E-state index in [1.54, 1.807) is 13.8 Å². The van der Waals surface area contributed by atoms with Crippen LogP contribution in [-0.2, 0) is 18.3 Å². The number of rotatable bonds is 3. The van der Waals surface area contributed by atoms with Gasteiger partial charge in [-0.25, -0.2) is 4.98 Å². The Kier molecular flexibility index (Phi) is 3.31. The maximum atomic E-state index is 11.2. The summed E-state index contributed by atoms with van der Waals surface area (Å²) in [6.07, 6.45) is 0.380. The highest BCUT2D eigenvalue weighted by molar-refractivity contribution is 6.32. The first-order valence-electron chi connectivity index (χ1n) is 6.08. The van der Waals surface area contributed by atoms with Crippen molar-refractivity contribution in [3.8, 4) is 0 Å². The van der Waals surface area contributed by atoms with Crippen LogP contribution >= 0.6 is 11.6 Å². The Labute approximate surface area is 117 Å². The van der Waals surface area contributed by atoms with E-state index in [1.165, 1.54) is 0 Å². The highest BCUT2D eigenvalue weighted by Crippen LogP contribution is 2.28. The summed E-state index contributed by atoms with van der Waals surface area (Å²) in [5.74, 6) is -0.0675. The molecule has 0 unspecified atom stereocenters. The molecule has 1 aromatic carbocycles. The van der Waals surface area contributed by atoms with E-state index in [1.807, 2.05) is 30.7 Å². The Morgan fingerprint density at radius 3 is 2.68 bits per heavy atom. The van der Waals surface area contributed by atoms with Gasteiger partial charge in [0, 0.05) is 18.5 Å². The molecule has 0 atom stereocenters. The van der Waals surface area contributed by atoms with Gasteiger partial charge >= 0.3 is 5.97 Å². The average Bonchev–Trinajstić information content (AvgIpc) is 2.62. The second-order valence-corrected chi connectivity index (χ2v) is 5.90. The third-order valence-electron chi connectivity index (χ3n) is 3.51. The lowest BCUT2D eigenvalue weighted by Gasteiger charge is -2.18. The van der Waals surface area contributed by atoms with Crippen LogP contribution in [0, 0.1) is 12.3 Å². The van der Waals surface area contributed by atoms with Crippen molar-refractivity contribution in [1.29, 1.82) is 0 Å². The van der Waals surface area contributed by atoms with Gasteiger partial charge in [-0.1, -0.05) is 11.6 Å². The molecule has 0 saturated carbocycles. The van der Waals surface area contributed by atoms with E-state index < -0.39 is 11.4 Å². The minimum Gasteiger partial charge on any atom is -0.481 e. The number of carboxylic acid groups (broad SMARTS) is 1. The van der Waals surface area contributed by atoms with Crippen molar-refractivity contribution < 1.29 is 9.90 Å². The summed E-state index contributed by atoms with van der Waals surface area (Å²) in [6.45, 7) is 5.33. The molecule has 0 spiro atoms. The van der Waals surface area contributed by atoms with Gasteiger partial charge in [0.1, 0.15) is 5.82 Å². The normalized spacial score (nSPS) is 12.1. The van der Waals surface area contributed by atoms with Crippen molar-refractivity contribution in [2.45, 2.75) is 27.2 Å². The molecule has 102 valence electrons. The highest BCUT2D eigenvalue weighted by Gasteiger charge is 2.29. The highest BCUT2D eigenvalue weighted by atomic mass is 35.5. The van der Waals surface area contributed by atoms with Crippen LogP contribution in [0.4, 0.5) is 0 Å². The zero-order valence-electron chi connectivity index (χ0n) is 11.5. The lowest BCUT2D eigenvalue weighted by Crippen LogP contribution is -2.27. The fraction of sp³-hybridized carbons (Fsp3) is 0.429. The number of halogens is 1. The van der Waals surface area contributed by atoms with Crippen molar-refractivity contribution in [3.05, 3.63) is 28.5 Å². The number of hydrogen-bond donors (Lipinski definition) is 1. The maximum absolute atomic E-state index is 11.2. The minimum atomic E-state index is -0.840. The van der Waals surface area contributed by atoms with Gasteiger partial charge in [0.05, 0.1) is 16.4 Å². The zero-order valence-corrected chi connectivity index (χ0v) is 12.2. The number of aliphatic carboxylic acids is 1. The molecule has 1 aromatic heterocycles. The van der Waals surface area contributed by atoms with Gasteiger partial charge in [-0.2, -0.15) is 0 Å². The first-order chi connectivity index (χ1) is 8.74. The van der Waals surface area contributed by atoms with Crippen LogP contribution in [0.5, 0.6) is 0 Å². The molecule has 2 rings (SSSR count). The molecule has 4 nitrogen and oxygen atoms in total. The average molecular weight is 281 g/mol. The minimum absolute atomic E-state index is 0.380. The van der Waals surface area contributed by atoms with Gasteiger partial charge in [0.25, 0.3) is 0 Å². The molecule has 0 fully saturated rings. The molecular weight excluding hydrogens is 264 g/mol. The number of benzene rings is 1. The molecule has 0 bridgehead atoms. The number of aryl methyl sites for hydroxylation is 2. The third-order valence-corrected chi connectivity index (χ3v) is 3.92. The lowest BCUT2D eigenvalue weighted by molar-refractivity contribution is -0.146. The molecule has 1 N–H and O–H groups in total. The largest absolute Gasteiger partial charge is 0.481 e. The SMILES string of the molecule is Cc1c(Cl)ccc2c1nc(CC(C)(C)C(=O)O)n2C. The molecule has 19 heavy (non-hydrogen) atoms. The summed E-state index contributed by atoms with van der Waals surface area (Å²) in [4.78, 5) is 15.8. The summed E-state index contributed by atoms with van der Waals surface area (Å²) < 4.78 is 1.93. The predicted octanol–water partition coefficient (Wildman–Crippen LogP) is 3.19. The number of carboxylic acids is 1. The maximum Gasteiger partial charge on any atom is 0.309 e. The Morgan fingerprint density at radius 2 is 2.11 bits per heavy atom. The summed E-state index contributed by atoms with van der Waals surface area (Å²) >= 11 is 6.09. The molecule has 2 aromatic rings. The van der Waals surface area contributed by atoms with Gasteiger partial charge < -0.3 is 9.67 Å². The van der Waals surface area contributed by atoms with Crippen LogP contribution in [0.1, 0.15) is 25.2 Å². The van der Waals surface area contributed by atoms with E-state index in [0.717, 1.165) is 22.4 Å². The van der Waals surface area contributed by atoms with Gasteiger partial charge in [0.2, 0.25) is 0 Å². The van der Waals surface area contributed by atoms with Crippen molar-refractivity contribution >= 4 is 28.6 Å². The molecule has 5 heteroatoms. The number of hydrogen-bond acceptors (Lipinski definition) is 2. The molecular formula is C14H17ClN2O2. The van der Waals surface area contributed by atoms with Gasteiger partial charge in [0.15, 0.2) is 0 Å². The van der Waals surface area contributed by atoms with Crippen LogP contribution in [0.2, 0.25) is 5.02 Å². The fourth-order valence-electron chi connectivity index (χ4n) is 2.05. The Morgan fingerprint density at radius 1 is 1.47 bits per heavy atom. The molecule has 0 saturated heterocycles. The van der Waals surface area contributed by atoms with Crippen molar-refractivity contribution in [2.75, 3.05) is 0 Å². The summed E-state index contributed by atoms with van der Waals surface area (Å²) in [7, 11) is 1.90. The van der Waals surface area contributed by atoms with E-state index in [2.05, 4.69) is 4.98 Å². The molecule has 0 aliphatic rings. The summed E-state index contributed by atoms with van der Waals surface area (Å²) in [6, 6.07) is 3.75. The smallest absolute Gasteiger partial charge is 0.309 e. The second kappa shape index (κ2) is 4.53. The third kappa shape index (κ3) is 2.32. The zero-order chi connectivity index (χ0) is 14.4. The van der Waals surface area contributed by atoms with E-state index in [-0.39, 0.29) is 0 Å². The standard InChI is InChI=1S/C14H17ClN2O2/c1-8-9(15)5-6-10-12(8)16-11(17(10)4)7-14(2,3)13(18)19/h5-6H,7H2,1-4H3,(H,18,19). The van der Waals surface area contributed by atoms with E-state index in [0.29, 0.717) is 11.4 Å².